The summed E-state index contributed by atoms with van der Waals surface area (Å²) in [6.07, 6.45) is 2.87. The van der Waals surface area contributed by atoms with Gasteiger partial charge in [-0.2, -0.15) is 0 Å². The Hall–Kier alpha value is -4.50. The largest absolute Gasteiger partial charge is 0.458 e. The van der Waals surface area contributed by atoms with E-state index < -0.39 is 11.7 Å². The number of ether oxygens (including phenoxy) is 2. The van der Waals surface area contributed by atoms with Crippen LogP contribution in [0.2, 0.25) is 0 Å². The number of nitrogens with one attached hydrogen (secondary N) is 1. The molecular weight excluding hydrogens is 487 g/mol. The molecule has 1 N–H and O–H groups in total. The normalized spacial score (nSPS) is 15.9. The first-order chi connectivity index (χ1) is 18.3. The van der Waals surface area contributed by atoms with E-state index in [1.165, 1.54) is 31.6 Å². The van der Waals surface area contributed by atoms with Gasteiger partial charge in [0.2, 0.25) is 11.8 Å². The molecule has 0 saturated heterocycles. The van der Waals surface area contributed by atoms with Crippen LogP contribution in [0.15, 0.2) is 78.2 Å². The standard InChI is InChI=1S/C29H27FN4O4/c1-18(35)34(13-12-33(2)3)22-8-6-21(7-9-22)31-28(19-4-11-25-26(16-19)38-15-14-37-25)27-23-10-5-20(30)17-24(23)32-29(27)36/h4-11,14-17,27H,12-13H2,1-3H3,(H,32,36). The van der Waals surface area contributed by atoms with Crippen LogP contribution in [0.1, 0.15) is 24.0 Å². The number of aliphatic imine (C=N–C) groups is 1. The van der Waals surface area contributed by atoms with Crippen molar-refractivity contribution in [3.63, 3.8) is 0 Å². The summed E-state index contributed by atoms with van der Waals surface area (Å²) in [5.41, 5.74) is 3.52. The highest BCUT2D eigenvalue weighted by Gasteiger charge is 2.36. The molecule has 2 aliphatic heterocycles. The van der Waals surface area contributed by atoms with Crippen molar-refractivity contribution in [2.75, 3.05) is 37.4 Å². The number of nitrogens with zero attached hydrogens (tertiary/aromatic N) is 3. The molecule has 2 aliphatic rings. The van der Waals surface area contributed by atoms with Gasteiger partial charge in [0.05, 0.1) is 11.4 Å². The Morgan fingerprint density at radius 1 is 0.974 bits per heavy atom. The Bertz CT molecular complexity index is 1450. The minimum absolute atomic E-state index is 0.0550. The van der Waals surface area contributed by atoms with Crippen molar-refractivity contribution in [1.82, 2.24) is 4.90 Å². The molecule has 2 amide bonds. The monoisotopic (exact) mass is 514 g/mol. The number of carbonyl (C=O) groups excluding carboxylic acids is 2. The Kier molecular flexibility index (Phi) is 6.93. The SMILES string of the molecule is CC(=O)N(CCN(C)C)c1ccc(N=C(c2ccc3c(c2)OC=CO3)C2C(=O)Nc3cc(F)ccc32)cc1. The molecule has 2 heterocycles. The number of likely N-dealkylation sites (N-methyl/N-ethyl adjacent to an activating group) is 1. The van der Waals surface area contributed by atoms with Crippen molar-refractivity contribution in [3.05, 3.63) is 90.1 Å². The molecule has 5 rings (SSSR count). The van der Waals surface area contributed by atoms with Gasteiger partial charge in [0.15, 0.2) is 11.5 Å². The first kappa shape index (κ1) is 25.2. The summed E-state index contributed by atoms with van der Waals surface area (Å²) in [6.45, 7) is 2.81. The minimum atomic E-state index is -0.766. The number of rotatable bonds is 7. The van der Waals surface area contributed by atoms with Crippen LogP contribution in [-0.2, 0) is 9.59 Å². The van der Waals surface area contributed by atoms with Gasteiger partial charge in [0.1, 0.15) is 24.3 Å². The van der Waals surface area contributed by atoms with Crippen LogP contribution < -0.4 is 19.7 Å². The third-order valence-electron chi connectivity index (χ3n) is 6.37. The molecule has 0 fully saturated rings. The highest BCUT2D eigenvalue weighted by Crippen LogP contribution is 2.39. The fourth-order valence-electron chi connectivity index (χ4n) is 4.48. The molecule has 38 heavy (non-hydrogen) atoms. The van der Waals surface area contributed by atoms with Crippen LogP contribution in [0.4, 0.5) is 21.5 Å². The van der Waals surface area contributed by atoms with Gasteiger partial charge in [-0.1, -0.05) is 6.07 Å². The molecular formula is C29H27FN4O4. The van der Waals surface area contributed by atoms with Crippen molar-refractivity contribution in [1.29, 1.82) is 0 Å². The van der Waals surface area contributed by atoms with Crippen LogP contribution in [0.3, 0.4) is 0 Å². The van der Waals surface area contributed by atoms with Crippen molar-refractivity contribution in [2.45, 2.75) is 12.8 Å². The molecule has 0 bridgehead atoms. The van der Waals surface area contributed by atoms with E-state index in [1.807, 2.05) is 37.2 Å². The van der Waals surface area contributed by atoms with E-state index in [9.17, 15) is 14.0 Å². The van der Waals surface area contributed by atoms with E-state index in [4.69, 9.17) is 14.5 Å². The average molecular weight is 515 g/mol. The van der Waals surface area contributed by atoms with E-state index in [0.29, 0.717) is 46.3 Å². The number of benzene rings is 3. The van der Waals surface area contributed by atoms with Gasteiger partial charge in [-0.3, -0.25) is 14.6 Å². The van der Waals surface area contributed by atoms with Gasteiger partial charge < -0.3 is 24.6 Å². The molecule has 194 valence electrons. The number of anilines is 2. The first-order valence-corrected chi connectivity index (χ1v) is 12.1. The van der Waals surface area contributed by atoms with Crippen LogP contribution in [0, 0.1) is 5.82 Å². The smallest absolute Gasteiger partial charge is 0.238 e. The fourth-order valence-corrected chi connectivity index (χ4v) is 4.48. The van der Waals surface area contributed by atoms with E-state index in [2.05, 4.69) is 5.32 Å². The van der Waals surface area contributed by atoms with Crippen LogP contribution >= 0.6 is 0 Å². The summed E-state index contributed by atoms with van der Waals surface area (Å²) < 4.78 is 25.0. The van der Waals surface area contributed by atoms with Crippen molar-refractivity contribution in [2.24, 2.45) is 4.99 Å². The second-order valence-corrected chi connectivity index (χ2v) is 9.31. The Morgan fingerprint density at radius 2 is 1.71 bits per heavy atom. The molecule has 0 radical (unpaired) electrons. The summed E-state index contributed by atoms with van der Waals surface area (Å²) in [6, 6.07) is 16.8. The quantitative estimate of drug-likeness (QED) is 0.457. The van der Waals surface area contributed by atoms with E-state index >= 15 is 0 Å². The third kappa shape index (κ3) is 5.14. The molecule has 0 saturated carbocycles. The zero-order valence-corrected chi connectivity index (χ0v) is 21.3. The zero-order chi connectivity index (χ0) is 26.8. The maximum atomic E-state index is 13.9. The predicted octanol–water partition coefficient (Wildman–Crippen LogP) is 4.84. The lowest BCUT2D eigenvalue weighted by molar-refractivity contribution is -0.117. The maximum absolute atomic E-state index is 13.9. The summed E-state index contributed by atoms with van der Waals surface area (Å²) in [5, 5.41) is 2.77. The number of halogens is 1. The van der Waals surface area contributed by atoms with E-state index in [0.717, 1.165) is 12.2 Å². The highest BCUT2D eigenvalue weighted by molar-refractivity contribution is 6.24. The summed E-state index contributed by atoms with van der Waals surface area (Å²) in [4.78, 5) is 34.0. The van der Waals surface area contributed by atoms with Gasteiger partial charge in [0.25, 0.3) is 0 Å². The molecule has 9 heteroatoms. The predicted molar refractivity (Wildman–Crippen MR) is 144 cm³/mol. The van der Waals surface area contributed by atoms with Crippen LogP contribution in [0.5, 0.6) is 11.5 Å². The van der Waals surface area contributed by atoms with Crippen LogP contribution in [0.25, 0.3) is 0 Å². The topological polar surface area (TPSA) is 83.5 Å². The van der Waals surface area contributed by atoms with E-state index in [1.54, 1.807) is 35.2 Å². The number of carbonyl (C=O) groups is 2. The fraction of sp³-hybridized carbons (Fsp3) is 0.207. The van der Waals surface area contributed by atoms with Gasteiger partial charge in [-0.25, -0.2) is 4.39 Å². The summed E-state index contributed by atoms with van der Waals surface area (Å²) in [5.74, 6) is -0.529. The molecule has 1 unspecified atom stereocenters. The lowest BCUT2D eigenvalue weighted by Gasteiger charge is -2.23. The average Bonchev–Trinajstić information content (AvgIpc) is 3.22. The second-order valence-electron chi connectivity index (χ2n) is 9.31. The molecule has 3 aromatic rings. The van der Waals surface area contributed by atoms with Crippen LogP contribution in [-0.4, -0.2) is 49.6 Å². The number of hydrogen-bond donors (Lipinski definition) is 1. The third-order valence-corrected chi connectivity index (χ3v) is 6.37. The van der Waals surface area contributed by atoms with E-state index in [-0.39, 0.29) is 11.8 Å². The second kappa shape index (κ2) is 10.5. The molecule has 0 aliphatic carbocycles. The molecule has 0 spiro atoms. The summed E-state index contributed by atoms with van der Waals surface area (Å²) >= 11 is 0. The van der Waals surface area contributed by atoms with Gasteiger partial charge in [0, 0.05) is 37.0 Å². The maximum Gasteiger partial charge on any atom is 0.238 e. The van der Waals surface area contributed by atoms with Crippen molar-refractivity contribution in [3.8, 4) is 11.5 Å². The van der Waals surface area contributed by atoms with Crippen molar-refractivity contribution < 1.29 is 23.5 Å². The molecule has 0 aromatic heterocycles. The first-order valence-electron chi connectivity index (χ1n) is 12.1. The van der Waals surface area contributed by atoms with Gasteiger partial charge >= 0.3 is 0 Å². The number of hydrogen-bond acceptors (Lipinski definition) is 6. The lowest BCUT2D eigenvalue weighted by Crippen LogP contribution is -2.35. The molecule has 1 atom stereocenters. The zero-order valence-electron chi connectivity index (χ0n) is 21.3. The highest BCUT2D eigenvalue weighted by atomic mass is 19.1. The van der Waals surface area contributed by atoms with Crippen molar-refractivity contribution >= 4 is 34.6 Å². The molecule has 8 nitrogen and oxygen atoms in total. The van der Waals surface area contributed by atoms with Gasteiger partial charge in [-0.05, 0) is 74.3 Å². The Balaban J connectivity index is 1.55. The minimum Gasteiger partial charge on any atom is -0.458 e. The number of amides is 2. The molecule has 3 aromatic carbocycles. The lowest BCUT2D eigenvalue weighted by atomic mass is 9.90. The number of fused-ring (bicyclic) bond motifs is 2. The summed E-state index contributed by atoms with van der Waals surface area (Å²) in [7, 11) is 3.91. The Morgan fingerprint density at radius 3 is 2.42 bits per heavy atom. The Labute approximate surface area is 220 Å². The van der Waals surface area contributed by atoms with Gasteiger partial charge in [-0.15, -0.1) is 0 Å².